The molecule has 1 aliphatic rings. The summed E-state index contributed by atoms with van der Waals surface area (Å²) in [6, 6.07) is 5.87. The second kappa shape index (κ2) is 6.64. The van der Waals surface area contributed by atoms with E-state index in [1.807, 2.05) is 12.1 Å². The maximum atomic E-state index is 13.9. The summed E-state index contributed by atoms with van der Waals surface area (Å²) in [5.41, 5.74) is 6.43. The highest BCUT2D eigenvalue weighted by Crippen LogP contribution is 2.25. The molecule has 0 heterocycles. The molecular weight excluding hydrogens is 295 g/mol. The smallest absolute Gasteiger partial charge is 0.128 e. The highest BCUT2D eigenvalue weighted by molar-refractivity contribution is 9.10. The number of hydrogen-bond donors (Lipinski definition) is 1. The van der Waals surface area contributed by atoms with Crippen molar-refractivity contribution in [2.75, 3.05) is 13.1 Å². The fraction of sp³-hybridized carbons (Fsp3) is 0.571. The van der Waals surface area contributed by atoms with Gasteiger partial charge in [0, 0.05) is 35.7 Å². The van der Waals surface area contributed by atoms with E-state index in [1.54, 1.807) is 0 Å². The Morgan fingerprint density at radius 1 is 1.33 bits per heavy atom. The van der Waals surface area contributed by atoms with Crippen LogP contribution in [-0.2, 0) is 6.54 Å². The van der Waals surface area contributed by atoms with E-state index in [9.17, 15) is 4.39 Å². The Bertz CT molecular complexity index is 391. The van der Waals surface area contributed by atoms with Crippen LogP contribution in [0.15, 0.2) is 22.7 Å². The van der Waals surface area contributed by atoms with Gasteiger partial charge in [-0.1, -0.05) is 34.8 Å². The molecule has 4 heteroatoms. The van der Waals surface area contributed by atoms with Crippen LogP contribution in [0.3, 0.4) is 0 Å². The van der Waals surface area contributed by atoms with E-state index < -0.39 is 0 Å². The molecule has 2 rings (SSSR count). The van der Waals surface area contributed by atoms with Crippen LogP contribution in [0, 0.1) is 5.82 Å². The zero-order chi connectivity index (χ0) is 13.0. The van der Waals surface area contributed by atoms with Crippen LogP contribution < -0.4 is 5.73 Å². The van der Waals surface area contributed by atoms with Gasteiger partial charge >= 0.3 is 0 Å². The van der Waals surface area contributed by atoms with Crippen molar-refractivity contribution in [3.63, 3.8) is 0 Å². The maximum Gasteiger partial charge on any atom is 0.128 e. The summed E-state index contributed by atoms with van der Waals surface area (Å²) in [7, 11) is 0. The monoisotopic (exact) mass is 314 g/mol. The van der Waals surface area contributed by atoms with Crippen molar-refractivity contribution >= 4 is 15.9 Å². The zero-order valence-corrected chi connectivity index (χ0v) is 12.1. The van der Waals surface area contributed by atoms with Crippen molar-refractivity contribution in [3.8, 4) is 0 Å². The summed E-state index contributed by atoms with van der Waals surface area (Å²) in [5.74, 6) is -0.135. The standard InChI is InChI=1S/C14H20BrFN2/c15-12-6-5-11(14(16)9-12)10-18(8-7-17)13-3-1-2-4-13/h5-6,9,13H,1-4,7-8,10,17H2. The van der Waals surface area contributed by atoms with E-state index >= 15 is 0 Å². The average Bonchev–Trinajstić information content (AvgIpc) is 2.85. The lowest BCUT2D eigenvalue weighted by atomic mass is 10.1. The normalized spacial score (nSPS) is 16.7. The lowest BCUT2D eigenvalue weighted by Gasteiger charge is -2.28. The topological polar surface area (TPSA) is 29.3 Å². The minimum Gasteiger partial charge on any atom is -0.329 e. The first-order chi connectivity index (χ1) is 8.70. The highest BCUT2D eigenvalue weighted by Gasteiger charge is 2.22. The molecule has 0 amide bonds. The zero-order valence-electron chi connectivity index (χ0n) is 10.5. The molecule has 0 saturated heterocycles. The fourth-order valence-corrected chi connectivity index (χ4v) is 3.03. The molecule has 1 aromatic carbocycles. The molecule has 0 atom stereocenters. The van der Waals surface area contributed by atoms with E-state index in [4.69, 9.17) is 5.73 Å². The van der Waals surface area contributed by atoms with Crippen LogP contribution in [-0.4, -0.2) is 24.0 Å². The first kappa shape index (κ1) is 14.0. The highest BCUT2D eigenvalue weighted by atomic mass is 79.9. The van der Waals surface area contributed by atoms with Gasteiger partial charge in [0.25, 0.3) is 0 Å². The lowest BCUT2D eigenvalue weighted by Crippen LogP contribution is -2.36. The molecule has 0 aliphatic heterocycles. The second-order valence-electron chi connectivity index (χ2n) is 4.93. The molecule has 1 aromatic rings. The third kappa shape index (κ3) is 3.53. The number of benzene rings is 1. The Kier molecular flexibility index (Phi) is 5.15. The molecule has 1 saturated carbocycles. The van der Waals surface area contributed by atoms with Crippen LogP contribution in [0.4, 0.5) is 4.39 Å². The minimum atomic E-state index is -0.135. The average molecular weight is 315 g/mol. The van der Waals surface area contributed by atoms with Crippen LogP contribution >= 0.6 is 15.9 Å². The van der Waals surface area contributed by atoms with Crippen LogP contribution in [0.5, 0.6) is 0 Å². The molecule has 2 N–H and O–H groups in total. The van der Waals surface area contributed by atoms with Crippen molar-refractivity contribution in [1.29, 1.82) is 0 Å². The van der Waals surface area contributed by atoms with Gasteiger partial charge in [0.2, 0.25) is 0 Å². The molecule has 0 spiro atoms. The molecule has 0 bridgehead atoms. The van der Waals surface area contributed by atoms with E-state index in [0.717, 1.165) is 16.6 Å². The van der Waals surface area contributed by atoms with Gasteiger partial charge in [0.1, 0.15) is 5.82 Å². The Labute approximate surface area is 116 Å². The number of hydrogen-bond acceptors (Lipinski definition) is 2. The summed E-state index contributed by atoms with van der Waals surface area (Å²) in [6.45, 7) is 2.15. The number of rotatable bonds is 5. The Balaban J connectivity index is 2.07. The molecule has 2 nitrogen and oxygen atoms in total. The molecule has 0 radical (unpaired) electrons. The van der Waals surface area contributed by atoms with Crippen molar-refractivity contribution < 1.29 is 4.39 Å². The molecule has 18 heavy (non-hydrogen) atoms. The number of nitrogens with zero attached hydrogens (tertiary/aromatic N) is 1. The van der Waals surface area contributed by atoms with Gasteiger partial charge in [-0.25, -0.2) is 4.39 Å². The Morgan fingerprint density at radius 2 is 2.06 bits per heavy atom. The summed E-state index contributed by atoms with van der Waals surface area (Å²) < 4.78 is 14.6. The van der Waals surface area contributed by atoms with Crippen LogP contribution in [0.25, 0.3) is 0 Å². The predicted octanol–water partition coefficient (Wildman–Crippen LogP) is 3.29. The summed E-state index contributed by atoms with van der Waals surface area (Å²) >= 11 is 3.29. The summed E-state index contributed by atoms with van der Waals surface area (Å²) in [4.78, 5) is 2.33. The SMILES string of the molecule is NCCN(Cc1ccc(Br)cc1F)C1CCCC1. The lowest BCUT2D eigenvalue weighted by molar-refractivity contribution is 0.193. The number of halogens is 2. The molecule has 100 valence electrons. The molecule has 0 unspecified atom stereocenters. The van der Waals surface area contributed by atoms with E-state index in [-0.39, 0.29) is 5.82 Å². The summed E-state index contributed by atoms with van der Waals surface area (Å²) in [6.07, 6.45) is 5.01. The predicted molar refractivity (Wildman–Crippen MR) is 75.8 cm³/mol. The largest absolute Gasteiger partial charge is 0.329 e. The minimum absolute atomic E-state index is 0.135. The Morgan fingerprint density at radius 3 is 2.67 bits per heavy atom. The van der Waals surface area contributed by atoms with Gasteiger partial charge in [-0.2, -0.15) is 0 Å². The molecule has 0 aromatic heterocycles. The Hall–Kier alpha value is -0.450. The van der Waals surface area contributed by atoms with E-state index in [2.05, 4.69) is 20.8 Å². The number of nitrogens with two attached hydrogens (primary N) is 1. The fourth-order valence-electron chi connectivity index (χ4n) is 2.69. The van der Waals surface area contributed by atoms with Crippen molar-refractivity contribution in [1.82, 2.24) is 4.90 Å². The van der Waals surface area contributed by atoms with Crippen molar-refractivity contribution in [3.05, 3.63) is 34.1 Å². The molecule has 1 aliphatic carbocycles. The molecular formula is C14H20BrFN2. The van der Waals surface area contributed by atoms with Crippen molar-refractivity contribution in [2.24, 2.45) is 5.73 Å². The van der Waals surface area contributed by atoms with Gasteiger partial charge in [0.05, 0.1) is 0 Å². The summed E-state index contributed by atoms with van der Waals surface area (Å²) in [5, 5.41) is 0. The van der Waals surface area contributed by atoms with Gasteiger partial charge in [-0.05, 0) is 25.0 Å². The van der Waals surface area contributed by atoms with Gasteiger partial charge < -0.3 is 5.73 Å². The van der Waals surface area contributed by atoms with Gasteiger partial charge in [-0.15, -0.1) is 0 Å². The maximum absolute atomic E-state index is 13.9. The van der Waals surface area contributed by atoms with Crippen LogP contribution in [0.1, 0.15) is 31.2 Å². The van der Waals surface area contributed by atoms with E-state index in [0.29, 0.717) is 19.1 Å². The third-order valence-corrected chi connectivity index (χ3v) is 4.14. The first-order valence-corrected chi connectivity index (χ1v) is 7.38. The van der Waals surface area contributed by atoms with Crippen molar-refractivity contribution in [2.45, 2.75) is 38.3 Å². The van der Waals surface area contributed by atoms with Gasteiger partial charge in [-0.3, -0.25) is 4.90 Å². The second-order valence-corrected chi connectivity index (χ2v) is 5.85. The quantitative estimate of drug-likeness (QED) is 0.903. The third-order valence-electron chi connectivity index (χ3n) is 3.65. The van der Waals surface area contributed by atoms with Crippen LogP contribution in [0.2, 0.25) is 0 Å². The van der Waals surface area contributed by atoms with Gasteiger partial charge in [0.15, 0.2) is 0 Å². The first-order valence-electron chi connectivity index (χ1n) is 6.58. The molecule has 1 fully saturated rings. The van der Waals surface area contributed by atoms with E-state index in [1.165, 1.54) is 31.7 Å².